The van der Waals surface area contributed by atoms with E-state index < -0.39 is 11.9 Å². The minimum atomic E-state index is -0.682. The Bertz CT molecular complexity index is 169. The van der Waals surface area contributed by atoms with Gasteiger partial charge in [-0.15, -0.1) is 0 Å². The summed E-state index contributed by atoms with van der Waals surface area (Å²) in [6.45, 7) is 4.11. The third-order valence-corrected chi connectivity index (χ3v) is 1.99. The van der Waals surface area contributed by atoms with Gasteiger partial charge in [0, 0.05) is 12.8 Å². The molecule has 17 heavy (non-hydrogen) atoms. The van der Waals surface area contributed by atoms with Gasteiger partial charge in [0.25, 0.3) is 0 Å². The molecule has 4 nitrogen and oxygen atoms in total. The average molecular weight is 256 g/mol. The molecular weight excluding hydrogens is 231 g/mol. The van der Waals surface area contributed by atoms with Gasteiger partial charge in [-0.2, -0.15) is 0 Å². The van der Waals surface area contributed by atoms with Crippen LogP contribution in [0.15, 0.2) is 0 Å². The molecule has 0 aliphatic carbocycles. The van der Waals surface area contributed by atoms with Crippen molar-refractivity contribution in [2.24, 2.45) is 0 Å². The molecule has 0 saturated carbocycles. The van der Waals surface area contributed by atoms with Crippen LogP contribution in [0.25, 0.3) is 0 Å². The van der Waals surface area contributed by atoms with Crippen LogP contribution in [0.1, 0.15) is 66.6 Å². The Balaban J connectivity index is -0.0000000980. The van der Waals surface area contributed by atoms with Gasteiger partial charge in [-0.3, -0.25) is 9.59 Å². The molecule has 0 radical (unpaired) electrons. The molecule has 0 aromatic heterocycles. The first-order valence-corrected chi connectivity index (χ1v) is 5.98. The van der Waals surface area contributed by atoms with E-state index in [1.54, 1.807) is 0 Å². The van der Waals surface area contributed by atoms with E-state index in [4.69, 9.17) is 10.2 Å². The van der Waals surface area contributed by atoms with Crippen molar-refractivity contribution < 1.29 is 50.8 Å². The average Bonchev–Trinajstić information content (AvgIpc) is 2.18. The van der Waals surface area contributed by atoms with Crippen molar-refractivity contribution in [3.8, 4) is 0 Å². The van der Waals surface area contributed by atoms with Crippen LogP contribution in [0.3, 0.4) is 0 Å². The zero-order valence-corrected chi connectivity index (χ0v) is 13.4. The fraction of sp³-hybridized carbons (Fsp3) is 0.833. The smallest absolute Gasteiger partial charge is 1.00 e. The number of unbranched alkanes of at least 4 members (excludes halogenated alkanes) is 4. The standard InChI is InChI=1S/2C6H12O2.Na.H/c2*1-2-3-4-5-6(7)8;;/h2*2-5H2,1H3,(H,7,8);;/q;;+1;-1. The third kappa shape index (κ3) is 31.4. The molecule has 0 aliphatic heterocycles. The summed E-state index contributed by atoms with van der Waals surface area (Å²) >= 11 is 0. The van der Waals surface area contributed by atoms with E-state index in [0.717, 1.165) is 38.5 Å². The van der Waals surface area contributed by atoms with E-state index in [0.29, 0.717) is 12.8 Å². The molecule has 0 bridgehead atoms. The predicted octanol–water partition coefficient (Wildman–Crippen LogP) is 0.419. The Morgan fingerprint density at radius 3 is 1.29 bits per heavy atom. The van der Waals surface area contributed by atoms with Crippen LogP contribution in [0.2, 0.25) is 0 Å². The Morgan fingerprint density at radius 2 is 1.12 bits per heavy atom. The molecule has 98 valence electrons. The van der Waals surface area contributed by atoms with Crippen molar-refractivity contribution in [2.75, 3.05) is 0 Å². The van der Waals surface area contributed by atoms with Crippen molar-refractivity contribution in [2.45, 2.75) is 65.2 Å². The van der Waals surface area contributed by atoms with Crippen LogP contribution in [0.4, 0.5) is 0 Å². The zero-order chi connectivity index (χ0) is 12.8. The molecule has 0 amide bonds. The maximum Gasteiger partial charge on any atom is 1.00 e. The summed E-state index contributed by atoms with van der Waals surface area (Å²) in [5, 5.41) is 16.3. The molecule has 0 heterocycles. The van der Waals surface area contributed by atoms with Crippen LogP contribution >= 0.6 is 0 Å². The Hall–Kier alpha value is -0.0600. The number of carboxylic acid groups (broad SMARTS) is 2. The summed E-state index contributed by atoms with van der Waals surface area (Å²) in [5.41, 5.74) is 0. The van der Waals surface area contributed by atoms with Gasteiger partial charge in [0.2, 0.25) is 0 Å². The van der Waals surface area contributed by atoms with Crippen molar-refractivity contribution in [1.29, 1.82) is 0 Å². The second-order valence-corrected chi connectivity index (χ2v) is 3.70. The van der Waals surface area contributed by atoms with Crippen molar-refractivity contribution in [1.82, 2.24) is 0 Å². The van der Waals surface area contributed by atoms with Gasteiger partial charge in [0.1, 0.15) is 0 Å². The number of carbonyl (C=O) groups is 2. The van der Waals surface area contributed by atoms with E-state index in [1.807, 2.05) is 0 Å². The predicted molar refractivity (Wildman–Crippen MR) is 64.7 cm³/mol. The van der Waals surface area contributed by atoms with Gasteiger partial charge in [0.05, 0.1) is 0 Å². The summed E-state index contributed by atoms with van der Waals surface area (Å²) in [6, 6.07) is 0. The molecule has 0 aromatic carbocycles. The summed E-state index contributed by atoms with van der Waals surface area (Å²) in [4.78, 5) is 19.7. The Labute approximate surface area is 128 Å². The van der Waals surface area contributed by atoms with Crippen molar-refractivity contribution in [3.05, 3.63) is 0 Å². The van der Waals surface area contributed by atoms with E-state index in [2.05, 4.69) is 13.8 Å². The number of aliphatic carboxylic acids is 2. The first kappa shape index (κ1) is 22.1. The van der Waals surface area contributed by atoms with Gasteiger partial charge >= 0.3 is 41.5 Å². The van der Waals surface area contributed by atoms with E-state index in [1.165, 1.54) is 0 Å². The molecule has 2 N–H and O–H groups in total. The van der Waals surface area contributed by atoms with Gasteiger partial charge in [-0.1, -0.05) is 39.5 Å². The van der Waals surface area contributed by atoms with Gasteiger partial charge in [0.15, 0.2) is 0 Å². The largest absolute Gasteiger partial charge is 1.00 e. The molecular formula is C12H25NaO4. The van der Waals surface area contributed by atoms with E-state index >= 15 is 0 Å². The monoisotopic (exact) mass is 256 g/mol. The first-order chi connectivity index (χ1) is 7.54. The number of carboxylic acids is 2. The number of hydrogen-bond donors (Lipinski definition) is 2. The second-order valence-electron chi connectivity index (χ2n) is 3.70. The normalized spacial score (nSPS) is 8.59. The molecule has 0 fully saturated rings. The second kappa shape index (κ2) is 18.3. The molecule has 0 saturated heterocycles. The van der Waals surface area contributed by atoms with Crippen LogP contribution < -0.4 is 29.6 Å². The topological polar surface area (TPSA) is 74.6 Å². The van der Waals surface area contributed by atoms with Gasteiger partial charge in [-0.05, 0) is 12.8 Å². The SMILES string of the molecule is CCCCCC(=O)O.CCCCCC(=O)O.[H-].[Na+]. The van der Waals surface area contributed by atoms with E-state index in [9.17, 15) is 9.59 Å². The van der Waals surface area contributed by atoms with Gasteiger partial charge < -0.3 is 11.6 Å². The molecule has 0 aliphatic rings. The van der Waals surface area contributed by atoms with Crippen LogP contribution in [-0.2, 0) is 9.59 Å². The molecule has 0 unspecified atom stereocenters. The number of hydrogen-bond acceptors (Lipinski definition) is 2. The fourth-order valence-corrected chi connectivity index (χ4v) is 1.05. The maximum absolute atomic E-state index is 9.87. The van der Waals surface area contributed by atoms with Crippen LogP contribution in [0, 0.1) is 0 Å². The first-order valence-electron chi connectivity index (χ1n) is 5.98. The quantitative estimate of drug-likeness (QED) is 0.487. The summed E-state index contributed by atoms with van der Waals surface area (Å²) in [5.74, 6) is -1.36. The van der Waals surface area contributed by atoms with Crippen molar-refractivity contribution >= 4 is 11.9 Å². The Morgan fingerprint density at radius 1 is 0.824 bits per heavy atom. The molecule has 0 rings (SSSR count). The van der Waals surface area contributed by atoms with Gasteiger partial charge in [-0.25, -0.2) is 0 Å². The Kier molecular flexibility index (Phi) is 23.9. The molecule has 0 atom stereocenters. The zero-order valence-electron chi connectivity index (χ0n) is 12.4. The molecule has 5 heteroatoms. The van der Waals surface area contributed by atoms with Crippen molar-refractivity contribution in [3.63, 3.8) is 0 Å². The minimum absolute atomic E-state index is 0. The van der Waals surface area contributed by atoms with Crippen LogP contribution in [0.5, 0.6) is 0 Å². The summed E-state index contributed by atoms with van der Waals surface area (Å²) < 4.78 is 0. The third-order valence-electron chi connectivity index (χ3n) is 1.99. The van der Waals surface area contributed by atoms with E-state index in [-0.39, 0.29) is 31.0 Å². The molecule has 0 spiro atoms. The summed E-state index contributed by atoms with van der Waals surface area (Å²) in [6.07, 6.45) is 6.55. The maximum atomic E-state index is 9.87. The fourth-order valence-electron chi connectivity index (χ4n) is 1.05. The minimum Gasteiger partial charge on any atom is -1.00 e. The number of rotatable bonds is 8. The molecule has 0 aromatic rings. The summed E-state index contributed by atoms with van der Waals surface area (Å²) in [7, 11) is 0. The van der Waals surface area contributed by atoms with Crippen LogP contribution in [-0.4, -0.2) is 22.2 Å².